The lowest BCUT2D eigenvalue weighted by Gasteiger charge is -2.03. The smallest absolute Gasteiger partial charge is 0.306 e. The molecule has 88 valence electrons. The Bertz CT molecular complexity index is 324. The van der Waals surface area contributed by atoms with Gasteiger partial charge in [0.15, 0.2) is 0 Å². The number of ether oxygens (including phenoxy) is 1. The number of esters is 1. The van der Waals surface area contributed by atoms with E-state index < -0.39 is 6.67 Å². The highest BCUT2D eigenvalue weighted by atomic mass is 19.1. The molecule has 0 aliphatic heterocycles. The summed E-state index contributed by atoms with van der Waals surface area (Å²) in [5.41, 5.74) is 7.28. The zero-order chi connectivity index (χ0) is 11.8. The van der Waals surface area contributed by atoms with E-state index in [-0.39, 0.29) is 19.0 Å². The molecule has 1 aromatic rings. The maximum atomic E-state index is 11.7. The summed E-state index contributed by atoms with van der Waals surface area (Å²) in [7, 11) is 0. The van der Waals surface area contributed by atoms with Crippen molar-refractivity contribution >= 4 is 11.7 Å². The van der Waals surface area contributed by atoms with Crippen LogP contribution in [0.25, 0.3) is 0 Å². The molecule has 16 heavy (non-hydrogen) atoms. The summed E-state index contributed by atoms with van der Waals surface area (Å²) in [5, 5.41) is 0. The quantitative estimate of drug-likeness (QED) is 0.458. The Kier molecular flexibility index (Phi) is 5.32. The molecule has 0 aromatic heterocycles. The minimum absolute atomic E-state index is 0.164. The average molecular weight is 225 g/mol. The van der Waals surface area contributed by atoms with Gasteiger partial charge in [-0.2, -0.15) is 0 Å². The molecule has 3 nitrogen and oxygen atoms in total. The van der Waals surface area contributed by atoms with E-state index in [4.69, 9.17) is 10.5 Å². The van der Waals surface area contributed by atoms with E-state index >= 15 is 0 Å². The zero-order valence-electron chi connectivity index (χ0n) is 9.12. The fourth-order valence-electron chi connectivity index (χ4n) is 1.24. The molecule has 0 atom stereocenters. The van der Waals surface area contributed by atoms with Gasteiger partial charge in [-0.25, -0.2) is 0 Å². The summed E-state index contributed by atoms with van der Waals surface area (Å²) in [6.45, 7) is -0.289. The van der Waals surface area contributed by atoms with Gasteiger partial charge in [-0.15, -0.1) is 0 Å². The molecule has 0 bridgehead atoms. The molecule has 0 unspecified atom stereocenters. The highest BCUT2D eigenvalue weighted by molar-refractivity contribution is 5.69. The van der Waals surface area contributed by atoms with Gasteiger partial charge in [-0.05, 0) is 24.1 Å². The third-order valence-electron chi connectivity index (χ3n) is 2.14. The summed E-state index contributed by atoms with van der Waals surface area (Å²) < 4.78 is 16.6. The van der Waals surface area contributed by atoms with Crippen LogP contribution in [-0.4, -0.2) is 19.3 Å². The Hall–Kier alpha value is -1.58. The second kappa shape index (κ2) is 6.82. The van der Waals surface area contributed by atoms with E-state index in [9.17, 15) is 9.18 Å². The fourth-order valence-corrected chi connectivity index (χ4v) is 1.24. The number of hydrogen-bond acceptors (Lipinski definition) is 3. The van der Waals surface area contributed by atoms with E-state index in [0.29, 0.717) is 18.5 Å². The van der Waals surface area contributed by atoms with Gasteiger partial charge in [0, 0.05) is 18.5 Å². The summed E-state index contributed by atoms with van der Waals surface area (Å²) in [6.07, 6.45) is 1.21. The van der Waals surface area contributed by atoms with Crippen LogP contribution in [0.15, 0.2) is 24.3 Å². The van der Waals surface area contributed by atoms with Gasteiger partial charge in [0.05, 0.1) is 13.3 Å². The third kappa shape index (κ3) is 4.77. The van der Waals surface area contributed by atoms with Gasteiger partial charge >= 0.3 is 5.97 Å². The topological polar surface area (TPSA) is 52.3 Å². The molecule has 2 N–H and O–H groups in total. The van der Waals surface area contributed by atoms with Crippen LogP contribution in [0.2, 0.25) is 0 Å². The van der Waals surface area contributed by atoms with Crippen LogP contribution in [-0.2, 0) is 16.0 Å². The number of nitrogens with two attached hydrogens (primary N) is 1. The lowest BCUT2D eigenvalue weighted by atomic mass is 10.1. The van der Waals surface area contributed by atoms with Gasteiger partial charge in [0.25, 0.3) is 0 Å². The molecule has 1 aromatic carbocycles. The van der Waals surface area contributed by atoms with E-state index in [0.717, 1.165) is 5.56 Å². The second-order valence-electron chi connectivity index (χ2n) is 3.50. The first kappa shape index (κ1) is 12.5. The SMILES string of the molecule is Nc1ccc(CCC(=O)OCCCF)cc1. The summed E-state index contributed by atoms with van der Waals surface area (Å²) in [4.78, 5) is 11.2. The Balaban J connectivity index is 2.23. The molecule has 0 aliphatic rings. The number of rotatable bonds is 6. The first-order valence-corrected chi connectivity index (χ1v) is 5.28. The number of alkyl halides is 1. The molecular weight excluding hydrogens is 209 g/mol. The first-order valence-electron chi connectivity index (χ1n) is 5.28. The molecule has 0 aliphatic carbocycles. The molecule has 0 amide bonds. The standard InChI is InChI=1S/C12H16FNO2/c13-8-1-9-16-12(15)7-4-10-2-5-11(14)6-3-10/h2-3,5-6H,1,4,7-9,14H2. The van der Waals surface area contributed by atoms with Crippen molar-refractivity contribution in [1.29, 1.82) is 0 Å². The molecule has 0 saturated heterocycles. The maximum Gasteiger partial charge on any atom is 0.306 e. The van der Waals surface area contributed by atoms with Crippen LogP contribution in [0.3, 0.4) is 0 Å². The van der Waals surface area contributed by atoms with Gasteiger partial charge in [0.2, 0.25) is 0 Å². The lowest BCUT2D eigenvalue weighted by Crippen LogP contribution is -2.07. The Morgan fingerprint density at radius 3 is 2.62 bits per heavy atom. The molecule has 0 spiro atoms. The number of halogens is 1. The van der Waals surface area contributed by atoms with Crippen LogP contribution in [0, 0.1) is 0 Å². The summed E-state index contributed by atoms with van der Waals surface area (Å²) >= 11 is 0. The average Bonchev–Trinajstić information content (AvgIpc) is 2.29. The highest BCUT2D eigenvalue weighted by Crippen LogP contribution is 2.08. The van der Waals surface area contributed by atoms with Crippen LogP contribution in [0.5, 0.6) is 0 Å². The van der Waals surface area contributed by atoms with E-state index in [1.165, 1.54) is 0 Å². The molecule has 0 fully saturated rings. The highest BCUT2D eigenvalue weighted by Gasteiger charge is 2.03. The minimum Gasteiger partial charge on any atom is -0.466 e. The van der Waals surface area contributed by atoms with E-state index in [1.807, 2.05) is 12.1 Å². The number of nitrogen functional groups attached to an aromatic ring is 1. The minimum atomic E-state index is -0.453. The summed E-state index contributed by atoms with van der Waals surface area (Å²) in [5.74, 6) is -0.287. The van der Waals surface area contributed by atoms with Gasteiger partial charge in [-0.1, -0.05) is 12.1 Å². The van der Waals surface area contributed by atoms with Crippen molar-refractivity contribution in [3.63, 3.8) is 0 Å². The third-order valence-corrected chi connectivity index (χ3v) is 2.14. The largest absolute Gasteiger partial charge is 0.466 e. The van der Waals surface area contributed by atoms with E-state index in [2.05, 4.69) is 0 Å². The molecule has 0 radical (unpaired) electrons. The Morgan fingerprint density at radius 1 is 1.31 bits per heavy atom. The maximum absolute atomic E-state index is 11.7. The van der Waals surface area contributed by atoms with E-state index in [1.54, 1.807) is 12.1 Å². The zero-order valence-corrected chi connectivity index (χ0v) is 9.12. The van der Waals surface area contributed by atoms with Crippen molar-refractivity contribution in [2.24, 2.45) is 0 Å². The van der Waals surface area contributed by atoms with Crippen molar-refractivity contribution in [2.75, 3.05) is 19.0 Å². The van der Waals surface area contributed by atoms with Crippen LogP contribution in [0.1, 0.15) is 18.4 Å². The second-order valence-corrected chi connectivity index (χ2v) is 3.50. The van der Waals surface area contributed by atoms with Crippen molar-refractivity contribution in [2.45, 2.75) is 19.3 Å². The number of hydrogen-bond donors (Lipinski definition) is 1. The Labute approximate surface area is 94.4 Å². The number of carbonyl (C=O) groups is 1. The normalized spacial score (nSPS) is 10.1. The number of carbonyl (C=O) groups excluding carboxylic acids is 1. The fraction of sp³-hybridized carbons (Fsp3) is 0.417. The molecular formula is C12H16FNO2. The van der Waals surface area contributed by atoms with Crippen molar-refractivity contribution < 1.29 is 13.9 Å². The summed E-state index contributed by atoms with van der Waals surface area (Å²) in [6, 6.07) is 7.35. The Morgan fingerprint density at radius 2 is 2.00 bits per heavy atom. The van der Waals surface area contributed by atoms with Gasteiger partial charge in [0.1, 0.15) is 0 Å². The van der Waals surface area contributed by atoms with Crippen LogP contribution >= 0.6 is 0 Å². The van der Waals surface area contributed by atoms with Crippen LogP contribution < -0.4 is 5.73 Å². The molecule has 0 heterocycles. The molecule has 1 rings (SSSR count). The molecule has 4 heteroatoms. The number of benzene rings is 1. The predicted octanol–water partition coefficient (Wildman–Crippen LogP) is 2.10. The molecule has 0 saturated carbocycles. The van der Waals surface area contributed by atoms with Crippen molar-refractivity contribution in [3.05, 3.63) is 29.8 Å². The van der Waals surface area contributed by atoms with Crippen molar-refractivity contribution in [1.82, 2.24) is 0 Å². The monoisotopic (exact) mass is 225 g/mol. The predicted molar refractivity (Wildman–Crippen MR) is 60.7 cm³/mol. The van der Waals surface area contributed by atoms with Crippen LogP contribution in [0.4, 0.5) is 10.1 Å². The van der Waals surface area contributed by atoms with Crippen molar-refractivity contribution in [3.8, 4) is 0 Å². The number of anilines is 1. The van der Waals surface area contributed by atoms with Gasteiger partial charge < -0.3 is 10.5 Å². The lowest BCUT2D eigenvalue weighted by molar-refractivity contribution is -0.143. The first-order chi connectivity index (χ1) is 7.72. The van der Waals surface area contributed by atoms with Gasteiger partial charge in [-0.3, -0.25) is 9.18 Å². The number of aryl methyl sites for hydroxylation is 1.